The Morgan fingerprint density at radius 3 is 3.00 bits per heavy atom. The van der Waals surface area contributed by atoms with Crippen molar-refractivity contribution in [1.29, 1.82) is 0 Å². The molecule has 0 aliphatic carbocycles. The average molecular weight is 299 g/mol. The fourth-order valence-corrected chi connectivity index (χ4v) is 3.31. The maximum absolute atomic E-state index is 4.45. The molecule has 0 spiro atoms. The first kappa shape index (κ1) is 15.2. The Morgan fingerprint density at radius 1 is 1.23 bits per heavy atom. The monoisotopic (exact) mass is 299 g/mol. The molecular formula is C17H25N5. The van der Waals surface area contributed by atoms with E-state index in [1.807, 2.05) is 16.9 Å². The van der Waals surface area contributed by atoms with Gasteiger partial charge in [0.1, 0.15) is 12.2 Å². The minimum atomic E-state index is 0.637. The van der Waals surface area contributed by atoms with E-state index in [-0.39, 0.29) is 0 Å². The summed E-state index contributed by atoms with van der Waals surface area (Å²) in [5, 5.41) is 4.29. The molecule has 118 valence electrons. The van der Waals surface area contributed by atoms with E-state index in [0.717, 1.165) is 25.3 Å². The van der Waals surface area contributed by atoms with Gasteiger partial charge in [0.05, 0.1) is 6.54 Å². The number of pyridine rings is 1. The standard InChI is InChI=1S/C17H25N5/c1-2-22-17(19-14-20-22)13-21-12-6-4-8-16(21)10-9-15-7-3-5-11-18-15/h3,5,7,11,14,16H,2,4,6,8-10,12-13H2,1H3/t16-/m0/s1. The van der Waals surface area contributed by atoms with Crippen LogP contribution in [0.25, 0.3) is 0 Å². The molecule has 3 heterocycles. The van der Waals surface area contributed by atoms with Crippen LogP contribution in [0, 0.1) is 0 Å². The zero-order chi connectivity index (χ0) is 15.2. The van der Waals surface area contributed by atoms with Gasteiger partial charge < -0.3 is 0 Å². The van der Waals surface area contributed by atoms with Crippen LogP contribution in [0.15, 0.2) is 30.7 Å². The van der Waals surface area contributed by atoms with Gasteiger partial charge in [-0.1, -0.05) is 12.5 Å². The van der Waals surface area contributed by atoms with Crippen LogP contribution in [-0.2, 0) is 19.5 Å². The fraction of sp³-hybridized carbons (Fsp3) is 0.588. The summed E-state index contributed by atoms with van der Waals surface area (Å²) in [4.78, 5) is 11.5. The van der Waals surface area contributed by atoms with Crippen molar-refractivity contribution in [3.63, 3.8) is 0 Å². The van der Waals surface area contributed by atoms with E-state index < -0.39 is 0 Å². The minimum Gasteiger partial charge on any atom is -0.293 e. The smallest absolute Gasteiger partial charge is 0.141 e. The number of hydrogen-bond donors (Lipinski definition) is 0. The van der Waals surface area contributed by atoms with Gasteiger partial charge in [-0.25, -0.2) is 9.67 Å². The molecule has 22 heavy (non-hydrogen) atoms. The van der Waals surface area contributed by atoms with E-state index in [2.05, 4.69) is 39.0 Å². The van der Waals surface area contributed by atoms with Crippen LogP contribution >= 0.6 is 0 Å². The van der Waals surface area contributed by atoms with E-state index in [4.69, 9.17) is 0 Å². The van der Waals surface area contributed by atoms with Gasteiger partial charge in [0.2, 0.25) is 0 Å². The van der Waals surface area contributed by atoms with Gasteiger partial charge in [0, 0.05) is 24.5 Å². The Balaban J connectivity index is 1.61. The van der Waals surface area contributed by atoms with Crippen LogP contribution in [-0.4, -0.2) is 37.2 Å². The molecule has 2 aromatic rings. The third-order valence-electron chi connectivity index (χ3n) is 4.55. The van der Waals surface area contributed by atoms with Gasteiger partial charge in [0.25, 0.3) is 0 Å². The maximum atomic E-state index is 4.45. The van der Waals surface area contributed by atoms with Crippen molar-refractivity contribution in [2.75, 3.05) is 6.54 Å². The fourth-order valence-electron chi connectivity index (χ4n) is 3.31. The van der Waals surface area contributed by atoms with Crippen molar-refractivity contribution < 1.29 is 0 Å². The number of rotatable bonds is 6. The SMILES string of the molecule is CCn1ncnc1CN1CCCC[C@H]1CCc1ccccn1. The second-order valence-corrected chi connectivity index (χ2v) is 5.97. The summed E-state index contributed by atoms with van der Waals surface area (Å²) >= 11 is 0. The van der Waals surface area contributed by atoms with Crippen molar-refractivity contribution >= 4 is 0 Å². The highest BCUT2D eigenvalue weighted by atomic mass is 15.3. The predicted octanol–water partition coefficient (Wildman–Crippen LogP) is 2.68. The van der Waals surface area contributed by atoms with Gasteiger partial charge in [-0.05, 0) is 51.3 Å². The van der Waals surface area contributed by atoms with Crippen molar-refractivity contribution in [2.24, 2.45) is 0 Å². The van der Waals surface area contributed by atoms with Crippen LogP contribution in [0.3, 0.4) is 0 Å². The van der Waals surface area contributed by atoms with Crippen LogP contribution in [0.5, 0.6) is 0 Å². The molecule has 5 nitrogen and oxygen atoms in total. The highest BCUT2D eigenvalue weighted by Gasteiger charge is 2.23. The van der Waals surface area contributed by atoms with Crippen molar-refractivity contribution in [3.05, 3.63) is 42.2 Å². The van der Waals surface area contributed by atoms with E-state index in [9.17, 15) is 0 Å². The highest BCUT2D eigenvalue weighted by molar-refractivity contribution is 5.04. The molecule has 0 amide bonds. The first-order valence-electron chi connectivity index (χ1n) is 8.37. The van der Waals surface area contributed by atoms with E-state index in [0.29, 0.717) is 6.04 Å². The normalized spacial score (nSPS) is 19.4. The number of hydrogen-bond acceptors (Lipinski definition) is 4. The largest absolute Gasteiger partial charge is 0.293 e. The van der Waals surface area contributed by atoms with Gasteiger partial charge in [0.15, 0.2) is 0 Å². The molecule has 0 unspecified atom stereocenters. The molecule has 0 bridgehead atoms. The van der Waals surface area contributed by atoms with Gasteiger partial charge in [-0.2, -0.15) is 5.10 Å². The summed E-state index contributed by atoms with van der Waals surface area (Å²) in [6, 6.07) is 6.82. The zero-order valence-electron chi connectivity index (χ0n) is 13.4. The van der Waals surface area contributed by atoms with E-state index in [1.165, 1.54) is 37.9 Å². The molecule has 1 aliphatic heterocycles. The van der Waals surface area contributed by atoms with Gasteiger partial charge in [-0.15, -0.1) is 0 Å². The molecule has 3 rings (SSSR count). The quantitative estimate of drug-likeness (QED) is 0.823. The lowest BCUT2D eigenvalue weighted by atomic mass is 9.97. The lowest BCUT2D eigenvalue weighted by molar-refractivity contribution is 0.127. The zero-order valence-corrected chi connectivity index (χ0v) is 13.4. The molecule has 0 aromatic carbocycles. The molecule has 0 saturated carbocycles. The summed E-state index contributed by atoms with van der Waals surface area (Å²) in [6.45, 7) is 5.10. The molecular weight excluding hydrogens is 274 g/mol. The minimum absolute atomic E-state index is 0.637. The number of aryl methyl sites for hydroxylation is 2. The Hall–Kier alpha value is -1.75. The lowest BCUT2D eigenvalue weighted by Gasteiger charge is -2.35. The highest BCUT2D eigenvalue weighted by Crippen LogP contribution is 2.22. The molecule has 1 atom stereocenters. The van der Waals surface area contributed by atoms with Crippen molar-refractivity contribution in [1.82, 2.24) is 24.6 Å². The van der Waals surface area contributed by atoms with Crippen LogP contribution < -0.4 is 0 Å². The number of likely N-dealkylation sites (tertiary alicyclic amines) is 1. The van der Waals surface area contributed by atoms with Gasteiger partial charge >= 0.3 is 0 Å². The summed E-state index contributed by atoms with van der Waals surface area (Å²) in [6.07, 6.45) is 9.71. The number of aromatic nitrogens is 4. The third kappa shape index (κ3) is 3.71. The molecule has 1 fully saturated rings. The van der Waals surface area contributed by atoms with Crippen molar-refractivity contribution in [2.45, 2.75) is 58.2 Å². The van der Waals surface area contributed by atoms with E-state index in [1.54, 1.807) is 6.33 Å². The summed E-state index contributed by atoms with van der Waals surface area (Å²) < 4.78 is 2.00. The Bertz CT molecular complexity index is 565. The molecule has 0 radical (unpaired) electrons. The molecule has 1 aliphatic rings. The second-order valence-electron chi connectivity index (χ2n) is 5.97. The van der Waals surface area contributed by atoms with Crippen LogP contribution in [0.1, 0.15) is 44.1 Å². The summed E-state index contributed by atoms with van der Waals surface area (Å²) in [7, 11) is 0. The molecule has 0 N–H and O–H groups in total. The Morgan fingerprint density at radius 2 is 2.18 bits per heavy atom. The first-order valence-corrected chi connectivity index (χ1v) is 8.37. The summed E-state index contributed by atoms with van der Waals surface area (Å²) in [5.74, 6) is 1.09. The number of nitrogens with zero attached hydrogens (tertiary/aromatic N) is 5. The average Bonchev–Trinajstić information content (AvgIpc) is 3.02. The van der Waals surface area contributed by atoms with E-state index >= 15 is 0 Å². The molecule has 2 aromatic heterocycles. The van der Waals surface area contributed by atoms with Gasteiger partial charge in [-0.3, -0.25) is 9.88 Å². The molecule has 5 heteroatoms. The molecule has 1 saturated heterocycles. The third-order valence-corrected chi connectivity index (χ3v) is 4.55. The van der Waals surface area contributed by atoms with Crippen LogP contribution in [0.4, 0.5) is 0 Å². The maximum Gasteiger partial charge on any atom is 0.141 e. The Kier molecular flexibility index (Phi) is 5.16. The second kappa shape index (κ2) is 7.49. The lowest BCUT2D eigenvalue weighted by Crippen LogP contribution is -2.40. The topological polar surface area (TPSA) is 46.8 Å². The summed E-state index contributed by atoms with van der Waals surface area (Å²) in [5.41, 5.74) is 1.20. The Labute approximate surface area is 132 Å². The van der Waals surface area contributed by atoms with Crippen molar-refractivity contribution in [3.8, 4) is 0 Å². The predicted molar refractivity (Wildman–Crippen MR) is 86.3 cm³/mol. The van der Waals surface area contributed by atoms with Crippen LogP contribution in [0.2, 0.25) is 0 Å². The number of piperidine rings is 1. The first-order chi connectivity index (χ1) is 10.9.